The number of hydrogen-bond donors (Lipinski definition) is 3. The Bertz CT molecular complexity index is 704. The maximum absolute atomic E-state index is 11.7. The van der Waals surface area contributed by atoms with Crippen molar-refractivity contribution in [3.05, 3.63) is 57.7 Å². The number of nitrogens with zero attached hydrogens (tertiary/aromatic N) is 1. The number of rotatable bonds is 5. The molecule has 108 valence electrons. The summed E-state index contributed by atoms with van der Waals surface area (Å²) >= 11 is 1.29. The Kier molecular flexibility index (Phi) is 4.34. The number of anilines is 1. The number of nitrogen functional groups attached to an aromatic ring is 1. The fraction of sp³-hybridized carbons (Fsp3) is 0.0714. The van der Waals surface area contributed by atoms with Gasteiger partial charge in [0.2, 0.25) is 11.5 Å². The number of ketones is 1. The van der Waals surface area contributed by atoms with Crippen molar-refractivity contribution in [2.45, 2.75) is 6.42 Å². The smallest absolute Gasteiger partial charge is 0.371 e. The molecule has 2 aromatic rings. The fourth-order valence-corrected chi connectivity index (χ4v) is 2.39. The van der Waals surface area contributed by atoms with Crippen LogP contribution in [0.25, 0.3) is 0 Å². The van der Waals surface area contributed by atoms with Crippen LogP contribution in [0, 0.1) is 0 Å². The van der Waals surface area contributed by atoms with Crippen LogP contribution in [-0.2, 0) is 11.2 Å². The van der Waals surface area contributed by atoms with Gasteiger partial charge in [-0.05, 0) is 17.7 Å². The number of benzene rings is 1. The highest BCUT2D eigenvalue weighted by Gasteiger charge is 2.13. The molecule has 6 nitrogen and oxygen atoms in total. The molecule has 0 radical (unpaired) electrons. The lowest BCUT2D eigenvalue weighted by molar-refractivity contribution is -0.135. The summed E-state index contributed by atoms with van der Waals surface area (Å²) < 4.78 is 0. The molecular formula is C14H12N2O4S. The maximum Gasteiger partial charge on any atom is 0.371 e. The molecular weight excluding hydrogens is 292 g/mol. The van der Waals surface area contributed by atoms with Crippen molar-refractivity contribution in [3.8, 4) is 0 Å². The first-order valence-electron chi connectivity index (χ1n) is 5.93. The molecule has 21 heavy (non-hydrogen) atoms. The van der Waals surface area contributed by atoms with Gasteiger partial charge < -0.3 is 15.9 Å². The van der Waals surface area contributed by atoms with Crippen molar-refractivity contribution >= 4 is 28.8 Å². The van der Waals surface area contributed by atoms with E-state index in [0.717, 1.165) is 5.56 Å². The molecule has 0 atom stereocenters. The molecule has 0 aliphatic rings. The molecule has 0 amide bonds. The Morgan fingerprint density at radius 2 is 1.90 bits per heavy atom. The second kappa shape index (κ2) is 6.19. The second-order valence-corrected chi connectivity index (χ2v) is 5.19. The monoisotopic (exact) mass is 304 g/mol. The molecule has 0 unspecified atom stereocenters. The van der Waals surface area contributed by atoms with Crippen LogP contribution >= 0.6 is 11.3 Å². The highest BCUT2D eigenvalue weighted by atomic mass is 32.1. The number of carboxylic acids is 1. The van der Waals surface area contributed by atoms with Crippen molar-refractivity contribution < 1.29 is 19.8 Å². The van der Waals surface area contributed by atoms with E-state index in [2.05, 4.69) is 4.98 Å². The number of aromatic nitrogens is 1. The topological polar surface area (TPSA) is 114 Å². The lowest BCUT2D eigenvalue weighted by Crippen LogP contribution is -2.04. The summed E-state index contributed by atoms with van der Waals surface area (Å²) in [6, 6.07) is 7.30. The predicted octanol–water partition coefficient (Wildman–Crippen LogP) is 2.03. The van der Waals surface area contributed by atoms with Gasteiger partial charge in [0.15, 0.2) is 0 Å². The molecule has 0 spiro atoms. The van der Waals surface area contributed by atoms with E-state index in [1.165, 1.54) is 16.7 Å². The largest absolute Gasteiger partial charge is 0.502 e. The third-order valence-electron chi connectivity index (χ3n) is 2.63. The van der Waals surface area contributed by atoms with Gasteiger partial charge in [0.05, 0.1) is 5.01 Å². The number of thiazole rings is 1. The van der Waals surface area contributed by atoms with Crippen molar-refractivity contribution in [3.63, 3.8) is 0 Å². The van der Waals surface area contributed by atoms with Gasteiger partial charge in [-0.3, -0.25) is 4.79 Å². The first kappa shape index (κ1) is 14.7. The van der Waals surface area contributed by atoms with E-state index in [-0.39, 0.29) is 5.69 Å². The third kappa shape index (κ3) is 3.90. The predicted molar refractivity (Wildman–Crippen MR) is 78.5 cm³/mol. The SMILES string of the molecule is Nc1ccc(Cc2nc(C(=O)/C=C(\O)C(=O)O)cs2)cc1. The summed E-state index contributed by atoms with van der Waals surface area (Å²) in [7, 11) is 0. The minimum absolute atomic E-state index is 0.109. The van der Waals surface area contributed by atoms with E-state index in [1.54, 1.807) is 12.1 Å². The van der Waals surface area contributed by atoms with Crippen LogP contribution in [0.1, 0.15) is 21.1 Å². The van der Waals surface area contributed by atoms with Gasteiger partial charge in [0.1, 0.15) is 5.69 Å². The molecule has 1 aromatic carbocycles. The van der Waals surface area contributed by atoms with Gasteiger partial charge in [0, 0.05) is 23.6 Å². The number of allylic oxidation sites excluding steroid dienone is 1. The Hall–Kier alpha value is -2.67. The van der Waals surface area contributed by atoms with Crippen molar-refractivity contribution in [2.24, 2.45) is 0 Å². The molecule has 0 saturated heterocycles. The average molecular weight is 304 g/mol. The number of aliphatic hydroxyl groups is 1. The molecule has 0 aliphatic carbocycles. The van der Waals surface area contributed by atoms with Gasteiger partial charge in [0.25, 0.3) is 0 Å². The zero-order valence-corrected chi connectivity index (χ0v) is 11.6. The van der Waals surface area contributed by atoms with Crippen LogP contribution in [0.5, 0.6) is 0 Å². The van der Waals surface area contributed by atoms with E-state index < -0.39 is 17.5 Å². The minimum Gasteiger partial charge on any atom is -0.502 e. The summed E-state index contributed by atoms with van der Waals surface area (Å²) in [5, 5.41) is 19.8. The average Bonchev–Trinajstić information content (AvgIpc) is 2.90. The van der Waals surface area contributed by atoms with Gasteiger partial charge >= 0.3 is 5.97 Å². The molecule has 0 aliphatic heterocycles. The summed E-state index contributed by atoms with van der Waals surface area (Å²) in [6.45, 7) is 0. The molecule has 2 rings (SSSR count). The lowest BCUT2D eigenvalue weighted by Gasteiger charge is -1.98. The zero-order chi connectivity index (χ0) is 15.4. The van der Waals surface area contributed by atoms with Crippen LogP contribution in [0.2, 0.25) is 0 Å². The van der Waals surface area contributed by atoms with Crippen molar-refractivity contribution in [1.82, 2.24) is 4.98 Å². The standard InChI is InChI=1S/C14H12N2O4S/c15-9-3-1-8(2-4-9)5-13-16-10(7-21-13)11(17)6-12(18)14(19)20/h1-4,6-7,18H,5,15H2,(H,19,20)/b12-6-. The van der Waals surface area contributed by atoms with Crippen LogP contribution in [0.15, 0.2) is 41.5 Å². The quantitative estimate of drug-likeness (QED) is 0.337. The lowest BCUT2D eigenvalue weighted by atomic mass is 10.1. The molecule has 1 heterocycles. The van der Waals surface area contributed by atoms with Crippen LogP contribution in [0.3, 0.4) is 0 Å². The van der Waals surface area contributed by atoms with Gasteiger partial charge in [-0.15, -0.1) is 11.3 Å². The first-order chi connectivity index (χ1) is 9.95. The number of hydrogen-bond acceptors (Lipinski definition) is 6. The number of aliphatic carboxylic acids is 1. The number of nitrogens with two attached hydrogens (primary N) is 1. The Balaban J connectivity index is 2.11. The number of aliphatic hydroxyl groups excluding tert-OH is 1. The van der Waals surface area contributed by atoms with E-state index in [4.69, 9.17) is 15.9 Å². The maximum atomic E-state index is 11.7. The minimum atomic E-state index is -1.55. The first-order valence-corrected chi connectivity index (χ1v) is 6.81. The van der Waals surface area contributed by atoms with E-state index >= 15 is 0 Å². The summed E-state index contributed by atoms with van der Waals surface area (Å²) in [5.41, 5.74) is 7.38. The number of carbonyl (C=O) groups excluding carboxylic acids is 1. The molecule has 0 fully saturated rings. The van der Waals surface area contributed by atoms with E-state index in [0.29, 0.717) is 23.2 Å². The summed E-state index contributed by atoms with van der Waals surface area (Å²) in [6.07, 6.45) is 1.19. The van der Waals surface area contributed by atoms with E-state index in [9.17, 15) is 9.59 Å². The summed E-state index contributed by atoms with van der Waals surface area (Å²) in [4.78, 5) is 26.3. The van der Waals surface area contributed by atoms with Gasteiger partial charge in [-0.2, -0.15) is 0 Å². The normalized spacial score (nSPS) is 11.3. The number of carbonyl (C=O) groups is 2. The highest BCUT2D eigenvalue weighted by Crippen LogP contribution is 2.16. The molecule has 0 bridgehead atoms. The van der Waals surface area contributed by atoms with Crippen molar-refractivity contribution in [1.29, 1.82) is 0 Å². The molecule has 7 heteroatoms. The number of carboxylic acid groups (broad SMARTS) is 1. The van der Waals surface area contributed by atoms with Crippen LogP contribution in [-0.4, -0.2) is 26.9 Å². The van der Waals surface area contributed by atoms with Crippen LogP contribution in [0.4, 0.5) is 5.69 Å². The molecule has 1 aromatic heterocycles. The highest BCUT2D eigenvalue weighted by molar-refractivity contribution is 7.09. The Labute approximate surface area is 124 Å². The summed E-state index contributed by atoms with van der Waals surface area (Å²) in [5.74, 6) is -3.21. The van der Waals surface area contributed by atoms with E-state index in [1.807, 2.05) is 12.1 Å². The molecule has 4 N–H and O–H groups in total. The Morgan fingerprint density at radius 1 is 1.24 bits per heavy atom. The van der Waals surface area contributed by atoms with Crippen molar-refractivity contribution in [2.75, 3.05) is 5.73 Å². The van der Waals surface area contributed by atoms with Gasteiger partial charge in [-0.1, -0.05) is 12.1 Å². The Morgan fingerprint density at radius 3 is 2.52 bits per heavy atom. The van der Waals surface area contributed by atoms with Gasteiger partial charge in [-0.25, -0.2) is 9.78 Å². The zero-order valence-electron chi connectivity index (χ0n) is 10.8. The van der Waals surface area contributed by atoms with Crippen LogP contribution < -0.4 is 5.73 Å². The fourth-order valence-electron chi connectivity index (χ4n) is 1.58. The third-order valence-corrected chi connectivity index (χ3v) is 3.48. The molecule has 0 saturated carbocycles. The second-order valence-electron chi connectivity index (χ2n) is 4.24.